The average molecular weight is 562 g/mol. The van der Waals surface area contributed by atoms with E-state index in [0.29, 0.717) is 32.3 Å². The number of rotatable bonds is 10. The van der Waals surface area contributed by atoms with Crippen LogP contribution in [0.1, 0.15) is 16.7 Å². The Morgan fingerprint density at radius 2 is 1.71 bits per heavy atom. The molecule has 0 unspecified atom stereocenters. The standard InChI is InChI=1S/C21H30N4O4S.HI/c1-16-5-8-18(20(13-16)29-12-11-28-4)15-25-21(22-2)24-14-17-6-9-19(10-7-17)30(26,27)23-3;/h5-10,13,23H,11-12,14-15H2,1-4H3,(H2,22,24,25);1H. The van der Waals surface area contributed by atoms with Crippen molar-refractivity contribution >= 4 is 40.0 Å². The van der Waals surface area contributed by atoms with Crippen molar-refractivity contribution in [1.82, 2.24) is 15.4 Å². The topological polar surface area (TPSA) is 101 Å². The number of nitrogens with zero attached hydrogens (tertiary/aromatic N) is 1. The zero-order valence-electron chi connectivity index (χ0n) is 18.3. The number of aryl methyl sites for hydroxylation is 1. The smallest absolute Gasteiger partial charge is 0.240 e. The Hall–Kier alpha value is -1.89. The minimum absolute atomic E-state index is 0. The van der Waals surface area contributed by atoms with Gasteiger partial charge in [-0.15, -0.1) is 24.0 Å². The molecule has 0 heterocycles. The van der Waals surface area contributed by atoms with Crippen LogP contribution in [0.3, 0.4) is 0 Å². The van der Waals surface area contributed by atoms with Gasteiger partial charge in [0.05, 0.1) is 11.5 Å². The first kappa shape index (κ1) is 27.1. The fourth-order valence-electron chi connectivity index (χ4n) is 2.67. The molecule has 0 atom stereocenters. The molecule has 3 N–H and O–H groups in total. The molecular weight excluding hydrogens is 531 g/mol. The van der Waals surface area contributed by atoms with Gasteiger partial charge in [0.1, 0.15) is 12.4 Å². The van der Waals surface area contributed by atoms with E-state index in [0.717, 1.165) is 22.4 Å². The second kappa shape index (κ2) is 13.5. The Kier molecular flexibility index (Phi) is 11.8. The van der Waals surface area contributed by atoms with Crippen molar-refractivity contribution in [1.29, 1.82) is 0 Å². The average Bonchev–Trinajstić information content (AvgIpc) is 2.75. The van der Waals surface area contributed by atoms with Gasteiger partial charge in [-0.1, -0.05) is 24.3 Å². The SMILES string of the molecule is CN=C(NCc1ccc(S(=O)(=O)NC)cc1)NCc1ccc(C)cc1OCCOC.I. The van der Waals surface area contributed by atoms with Gasteiger partial charge in [0.25, 0.3) is 0 Å². The van der Waals surface area contributed by atoms with Gasteiger partial charge in [0.2, 0.25) is 10.0 Å². The number of halogens is 1. The van der Waals surface area contributed by atoms with Crippen LogP contribution in [0.25, 0.3) is 0 Å². The number of methoxy groups -OCH3 is 1. The summed E-state index contributed by atoms with van der Waals surface area (Å²) in [6.45, 7) is 4.08. The van der Waals surface area contributed by atoms with E-state index < -0.39 is 10.0 Å². The summed E-state index contributed by atoms with van der Waals surface area (Å²) in [7, 11) is 1.30. The zero-order valence-corrected chi connectivity index (χ0v) is 21.4. The van der Waals surface area contributed by atoms with E-state index in [1.54, 1.807) is 38.4 Å². The predicted molar refractivity (Wildman–Crippen MR) is 134 cm³/mol. The molecular formula is C21H31IN4O4S. The zero-order chi connectivity index (χ0) is 22.0. The second-order valence-corrected chi connectivity index (χ2v) is 8.47. The molecule has 0 aromatic heterocycles. The van der Waals surface area contributed by atoms with Crippen molar-refractivity contribution in [3.8, 4) is 5.75 Å². The van der Waals surface area contributed by atoms with Gasteiger partial charge in [-0.2, -0.15) is 0 Å². The van der Waals surface area contributed by atoms with Crippen molar-refractivity contribution < 1.29 is 17.9 Å². The molecule has 0 fully saturated rings. The Morgan fingerprint density at radius 3 is 2.32 bits per heavy atom. The maximum Gasteiger partial charge on any atom is 0.240 e. The molecule has 0 spiro atoms. The summed E-state index contributed by atoms with van der Waals surface area (Å²) in [6.07, 6.45) is 0. The van der Waals surface area contributed by atoms with Crippen LogP contribution in [-0.4, -0.2) is 48.8 Å². The van der Waals surface area contributed by atoms with E-state index in [1.807, 2.05) is 25.1 Å². The van der Waals surface area contributed by atoms with Crippen molar-refractivity contribution in [3.05, 3.63) is 59.2 Å². The molecule has 31 heavy (non-hydrogen) atoms. The van der Waals surface area contributed by atoms with Crippen LogP contribution in [0.2, 0.25) is 0 Å². The maximum absolute atomic E-state index is 11.8. The molecule has 0 aliphatic carbocycles. The summed E-state index contributed by atoms with van der Waals surface area (Å²) >= 11 is 0. The van der Waals surface area contributed by atoms with E-state index in [9.17, 15) is 8.42 Å². The van der Waals surface area contributed by atoms with Crippen molar-refractivity contribution in [3.63, 3.8) is 0 Å². The molecule has 0 amide bonds. The first-order chi connectivity index (χ1) is 14.4. The van der Waals surface area contributed by atoms with E-state index in [4.69, 9.17) is 9.47 Å². The molecule has 2 aromatic rings. The molecule has 0 radical (unpaired) electrons. The molecule has 0 aliphatic heterocycles. The van der Waals surface area contributed by atoms with E-state index in [2.05, 4.69) is 20.3 Å². The fraction of sp³-hybridized carbons (Fsp3) is 0.381. The summed E-state index contributed by atoms with van der Waals surface area (Å²) in [5, 5.41) is 6.50. The summed E-state index contributed by atoms with van der Waals surface area (Å²) in [4.78, 5) is 4.47. The highest BCUT2D eigenvalue weighted by Crippen LogP contribution is 2.20. The van der Waals surface area contributed by atoms with Crippen LogP contribution in [0, 0.1) is 6.92 Å². The highest BCUT2D eigenvalue weighted by atomic mass is 127. The molecule has 0 saturated carbocycles. The van der Waals surface area contributed by atoms with Crippen molar-refractivity contribution in [2.45, 2.75) is 24.9 Å². The van der Waals surface area contributed by atoms with Gasteiger partial charge >= 0.3 is 0 Å². The molecule has 10 heteroatoms. The van der Waals surface area contributed by atoms with Crippen LogP contribution in [0.5, 0.6) is 5.75 Å². The highest BCUT2D eigenvalue weighted by molar-refractivity contribution is 14.0. The third kappa shape index (κ3) is 8.63. The van der Waals surface area contributed by atoms with Crippen LogP contribution < -0.4 is 20.1 Å². The summed E-state index contributed by atoms with van der Waals surface area (Å²) in [5.74, 6) is 1.45. The molecule has 0 aliphatic rings. The Morgan fingerprint density at radius 1 is 1.03 bits per heavy atom. The van der Waals surface area contributed by atoms with E-state index in [-0.39, 0.29) is 28.9 Å². The number of aliphatic imine (C=N–C) groups is 1. The number of hydrogen-bond acceptors (Lipinski definition) is 5. The molecule has 0 bridgehead atoms. The molecule has 8 nitrogen and oxygen atoms in total. The largest absolute Gasteiger partial charge is 0.491 e. The highest BCUT2D eigenvalue weighted by Gasteiger charge is 2.10. The third-order valence-corrected chi connectivity index (χ3v) is 5.83. The first-order valence-electron chi connectivity index (χ1n) is 9.58. The van der Waals surface area contributed by atoms with Crippen LogP contribution in [0.4, 0.5) is 0 Å². The predicted octanol–water partition coefficient (Wildman–Crippen LogP) is 2.41. The van der Waals surface area contributed by atoms with Crippen LogP contribution in [0.15, 0.2) is 52.4 Å². The monoisotopic (exact) mass is 562 g/mol. The minimum atomic E-state index is -3.43. The number of guanidine groups is 1. The lowest BCUT2D eigenvalue weighted by Gasteiger charge is -2.15. The Balaban J connectivity index is 0.00000480. The number of benzene rings is 2. The van der Waals surface area contributed by atoms with Gasteiger partial charge in [-0.3, -0.25) is 4.99 Å². The Bertz CT molecular complexity index is 950. The van der Waals surface area contributed by atoms with Gasteiger partial charge in [-0.25, -0.2) is 13.1 Å². The van der Waals surface area contributed by atoms with Gasteiger partial charge in [0.15, 0.2) is 5.96 Å². The second-order valence-electron chi connectivity index (χ2n) is 6.58. The van der Waals surface area contributed by atoms with Gasteiger partial charge in [0, 0.05) is 32.8 Å². The van der Waals surface area contributed by atoms with Crippen LogP contribution in [-0.2, 0) is 27.8 Å². The number of hydrogen-bond donors (Lipinski definition) is 3. The van der Waals surface area contributed by atoms with Gasteiger partial charge < -0.3 is 20.1 Å². The minimum Gasteiger partial charge on any atom is -0.491 e. The number of nitrogens with one attached hydrogen (secondary N) is 3. The molecule has 2 rings (SSSR count). The summed E-state index contributed by atoms with van der Waals surface area (Å²) in [5.41, 5.74) is 3.07. The lowest BCUT2D eigenvalue weighted by Crippen LogP contribution is -2.36. The quantitative estimate of drug-likeness (QED) is 0.178. The molecule has 2 aromatic carbocycles. The molecule has 172 valence electrons. The normalized spacial score (nSPS) is 11.5. The van der Waals surface area contributed by atoms with Crippen molar-refractivity contribution in [2.75, 3.05) is 34.4 Å². The van der Waals surface area contributed by atoms with Gasteiger partial charge in [-0.05, 0) is 43.3 Å². The lowest BCUT2D eigenvalue weighted by molar-refractivity contribution is 0.145. The van der Waals surface area contributed by atoms with E-state index in [1.165, 1.54) is 7.05 Å². The van der Waals surface area contributed by atoms with Crippen LogP contribution >= 0.6 is 24.0 Å². The first-order valence-corrected chi connectivity index (χ1v) is 11.1. The lowest BCUT2D eigenvalue weighted by atomic mass is 10.1. The maximum atomic E-state index is 11.8. The fourth-order valence-corrected chi connectivity index (χ4v) is 3.40. The van der Waals surface area contributed by atoms with Crippen molar-refractivity contribution in [2.24, 2.45) is 4.99 Å². The number of sulfonamides is 1. The Labute approximate surface area is 201 Å². The van der Waals surface area contributed by atoms with E-state index >= 15 is 0 Å². The third-order valence-electron chi connectivity index (χ3n) is 4.40. The number of ether oxygens (including phenoxy) is 2. The summed E-state index contributed by atoms with van der Waals surface area (Å²) < 4.78 is 36.8. The summed E-state index contributed by atoms with van der Waals surface area (Å²) in [6, 6.07) is 12.8. The molecule has 0 saturated heterocycles.